The van der Waals surface area contributed by atoms with Crippen LogP contribution in [0.1, 0.15) is 38.8 Å². The molecule has 1 aromatic rings. The number of pyridine rings is 1. The van der Waals surface area contributed by atoms with Crippen LogP contribution < -0.4 is 5.32 Å². The molecule has 1 aromatic heterocycles. The largest absolute Gasteiger partial charge is 0.305 e. The number of hydrogen-bond donors (Lipinski definition) is 1. The molecule has 0 aliphatic carbocycles. The number of nitrogens with zero attached hydrogens (tertiary/aromatic N) is 4. The molecule has 1 atom stereocenters. The summed E-state index contributed by atoms with van der Waals surface area (Å²) in [5.41, 5.74) is 10.2. The van der Waals surface area contributed by atoms with Crippen molar-refractivity contribution in [3.8, 4) is 0 Å². The molecule has 0 saturated carbocycles. The maximum atomic E-state index is 12.3. The molecule has 0 aromatic carbocycles. The number of carbonyl (C=O) groups excluding carboxylic acids is 1. The first-order valence-corrected chi connectivity index (χ1v) is 7.17. The van der Waals surface area contributed by atoms with Crippen LogP contribution in [0.15, 0.2) is 23.6 Å². The lowest BCUT2D eigenvalue weighted by Crippen LogP contribution is -2.44. The molecule has 0 bridgehead atoms. The minimum atomic E-state index is -0.221. The maximum absolute atomic E-state index is 12.3. The minimum Gasteiger partial charge on any atom is -0.305 e. The van der Waals surface area contributed by atoms with Gasteiger partial charge in [-0.25, -0.2) is 0 Å². The quantitative estimate of drug-likeness (QED) is 0.453. The van der Waals surface area contributed by atoms with Crippen LogP contribution in [-0.4, -0.2) is 22.9 Å². The van der Waals surface area contributed by atoms with Crippen LogP contribution in [0.4, 0.5) is 0 Å². The van der Waals surface area contributed by atoms with Crippen molar-refractivity contribution in [2.45, 2.75) is 52.7 Å². The molecule has 114 valence electrons. The summed E-state index contributed by atoms with van der Waals surface area (Å²) in [6.07, 6.45) is 4.02. The van der Waals surface area contributed by atoms with E-state index in [0.29, 0.717) is 6.42 Å². The normalized spacial score (nSPS) is 12.3. The Kier molecular flexibility index (Phi) is 6.85. The summed E-state index contributed by atoms with van der Waals surface area (Å²) in [7, 11) is 0. The van der Waals surface area contributed by atoms with Gasteiger partial charge in [-0.1, -0.05) is 38.9 Å². The van der Waals surface area contributed by atoms with Gasteiger partial charge in [0.25, 0.3) is 0 Å². The Labute approximate surface area is 125 Å². The van der Waals surface area contributed by atoms with E-state index in [-0.39, 0.29) is 30.3 Å². The lowest BCUT2D eigenvalue weighted by Gasteiger charge is -2.22. The Hall–Kier alpha value is -1.91. The lowest BCUT2D eigenvalue weighted by molar-refractivity contribution is -0.124. The molecule has 1 heterocycles. The minimum absolute atomic E-state index is 0.0134. The number of ketones is 1. The van der Waals surface area contributed by atoms with Crippen molar-refractivity contribution in [2.24, 2.45) is 11.0 Å². The molecule has 0 spiro atoms. The number of azide groups is 1. The number of nitrogens with one attached hydrogen (secondary N) is 1. The van der Waals surface area contributed by atoms with Crippen LogP contribution in [0, 0.1) is 5.92 Å². The summed E-state index contributed by atoms with van der Waals surface area (Å²) in [6, 6.07) is 1.95. The Morgan fingerprint density at radius 1 is 1.33 bits per heavy atom. The third-order valence-electron chi connectivity index (χ3n) is 3.05. The topological polar surface area (TPSA) is 90.8 Å². The standard InChI is InChI=1S/C15H23N5O/c1-10(2)15(21)14(19-11(3)4)6-12-5-13(8-17-7-12)9-18-20-16/h5,7-8,10-11,14,19H,6,9H2,1-4H3/t14-/m0/s1. The fraction of sp³-hybridized carbons (Fsp3) is 0.600. The maximum Gasteiger partial charge on any atom is 0.152 e. The van der Waals surface area contributed by atoms with Crippen LogP contribution in [-0.2, 0) is 17.8 Å². The van der Waals surface area contributed by atoms with Crippen molar-refractivity contribution in [3.63, 3.8) is 0 Å². The van der Waals surface area contributed by atoms with E-state index in [1.165, 1.54) is 0 Å². The molecule has 0 fully saturated rings. The number of carbonyl (C=O) groups is 1. The van der Waals surface area contributed by atoms with Gasteiger partial charge >= 0.3 is 0 Å². The highest BCUT2D eigenvalue weighted by molar-refractivity contribution is 5.86. The first-order chi connectivity index (χ1) is 9.93. The Balaban J connectivity index is 2.87. The molecule has 0 unspecified atom stereocenters. The highest BCUT2D eigenvalue weighted by atomic mass is 16.1. The number of Topliss-reactive ketones (excluding diaryl/α,β-unsaturated/α-hetero) is 1. The fourth-order valence-corrected chi connectivity index (χ4v) is 2.13. The van der Waals surface area contributed by atoms with Crippen molar-refractivity contribution in [1.29, 1.82) is 0 Å². The SMILES string of the molecule is CC(C)N[C@@H](Cc1cncc(CN=[N+]=[N-])c1)C(=O)C(C)C. The predicted octanol–water partition coefficient (Wildman–Crippen LogP) is 3.03. The average Bonchev–Trinajstić information content (AvgIpc) is 2.43. The van der Waals surface area contributed by atoms with Crippen molar-refractivity contribution >= 4 is 5.78 Å². The van der Waals surface area contributed by atoms with E-state index in [1.807, 2.05) is 33.8 Å². The zero-order valence-electron chi connectivity index (χ0n) is 13.1. The van der Waals surface area contributed by atoms with Gasteiger partial charge in [-0.3, -0.25) is 9.78 Å². The van der Waals surface area contributed by atoms with Crippen molar-refractivity contribution in [2.75, 3.05) is 0 Å². The van der Waals surface area contributed by atoms with E-state index in [1.54, 1.807) is 12.4 Å². The Bertz CT molecular complexity index is 521. The van der Waals surface area contributed by atoms with Gasteiger partial charge in [0.05, 0.1) is 12.6 Å². The highest BCUT2D eigenvalue weighted by Crippen LogP contribution is 2.11. The fourth-order valence-electron chi connectivity index (χ4n) is 2.13. The molecule has 0 aliphatic heterocycles. The molecular formula is C15H23N5O. The van der Waals surface area contributed by atoms with Crippen LogP contribution in [0.2, 0.25) is 0 Å². The molecule has 0 aliphatic rings. The zero-order valence-corrected chi connectivity index (χ0v) is 13.1. The highest BCUT2D eigenvalue weighted by Gasteiger charge is 2.22. The molecule has 6 nitrogen and oxygen atoms in total. The average molecular weight is 289 g/mol. The Morgan fingerprint density at radius 2 is 2.00 bits per heavy atom. The molecular weight excluding hydrogens is 266 g/mol. The number of aromatic nitrogens is 1. The van der Waals surface area contributed by atoms with Gasteiger partial charge in [-0.2, -0.15) is 0 Å². The second kappa shape index (κ2) is 8.39. The third kappa shape index (κ3) is 5.94. The summed E-state index contributed by atoms with van der Waals surface area (Å²) in [6.45, 7) is 8.15. The van der Waals surface area contributed by atoms with Gasteiger partial charge in [0, 0.05) is 29.3 Å². The van der Waals surface area contributed by atoms with E-state index in [4.69, 9.17) is 5.53 Å². The monoisotopic (exact) mass is 289 g/mol. The molecule has 1 N–H and O–H groups in total. The predicted molar refractivity (Wildman–Crippen MR) is 82.7 cm³/mol. The summed E-state index contributed by atoms with van der Waals surface area (Å²) >= 11 is 0. The summed E-state index contributed by atoms with van der Waals surface area (Å²) < 4.78 is 0. The van der Waals surface area contributed by atoms with Crippen molar-refractivity contribution < 1.29 is 4.79 Å². The third-order valence-corrected chi connectivity index (χ3v) is 3.05. The number of rotatable bonds is 8. The van der Waals surface area contributed by atoms with Gasteiger partial charge in [-0.15, -0.1) is 0 Å². The number of hydrogen-bond acceptors (Lipinski definition) is 4. The summed E-state index contributed by atoms with van der Waals surface area (Å²) in [5.74, 6) is 0.185. The van der Waals surface area contributed by atoms with E-state index >= 15 is 0 Å². The summed E-state index contributed by atoms with van der Waals surface area (Å²) in [5, 5.41) is 6.84. The molecule has 1 rings (SSSR count). The lowest BCUT2D eigenvalue weighted by atomic mass is 9.95. The first kappa shape index (κ1) is 17.1. The second-order valence-electron chi connectivity index (χ2n) is 5.73. The van der Waals surface area contributed by atoms with Gasteiger partial charge in [0.15, 0.2) is 5.78 Å². The van der Waals surface area contributed by atoms with Crippen molar-refractivity contribution in [3.05, 3.63) is 40.0 Å². The molecule has 0 saturated heterocycles. The van der Waals surface area contributed by atoms with Gasteiger partial charge in [0.2, 0.25) is 0 Å². The molecule has 6 heteroatoms. The van der Waals surface area contributed by atoms with E-state index in [2.05, 4.69) is 20.3 Å². The van der Waals surface area contributed by atoms with Crippen LogP contribution in [0.25, 0.3) is 10.4 Å². The molecule has 0 amide bonds. The van der Waals surface area contributed by atoms with E-state index in [9.17, 15) is 4.79 Å². The van der Waals surface area contributed by atoms with Crippen LogP contribution >= 0.6 is 0 Å². The Morgan fingerprint density at radius 3 is 2.57 bits per heavy atom. The first-order valence-electron chi connectivity index (χ1n) is 7.17. The van der Waals surface area contributed by atoms with Gasteiger partial charge in [0.1, 0.15) is 0 Å². The molecule has 21 heavy (non-hydrogen) atoms. The van der Waals surface area contributed by atoms with E-state index < -0.39 is 0 Å². The summed E-state index contributed by atoms with van der Waals surface area (Å²) in [4.78, 5) is 19.2. The second-order valence-corrected chi connectivity index (χ2v) is 5.73. The van der Waals surface area contributed by atoms with Crippen LogP contribution in [0.3, 0.4) is 0 Å². The van der Waals surface area contributed by atoms with Gasteiger partial charge in [-0.05, 0) is 23.1 Å². The van der Waals surface area contributed by atoms with Crippen LogP contribution in [0.5, 0.6) is 0 Å². The smallest absolute Gasteiger partial charge is 0.152 e. The van der Waals surface area contributed by atoms with Gasteiger partial charge < -0.3 is 5.32 Å². The van der Waals surface area contributed by atoms with Crippen molar-refractivity contribution in [1.82, 2.24) is 10.3 Å². The molecule has 0 radical (unpaired) electrons. The van der Waals surface area contributed by atoms with E-state index in [0.717, 1.165) is 11.1 Å². The zero-order chi connectivity index (χ0) is 15.8.